The van der Waals surface area contributed by atoms with Crippen LogP contribution in [0.4, 0.5) is 5.69 Å². The van der Waals surface area contributed by atoms with Gasteiger partial charge in [-0.25, -0.2) is 0 Å². The van der Waals surface area contributed by atoms with Gasteiger partial charge in [0.2, 0.25) is 0 Å². The molecule has 0 atom stereocenters. The zero-order chi connectivity index (χ0) is 7.40. The Morgan fingerprint density at radius 3 is 2.70 bits per heavy atom. The fraction of sp³-hybridized carbons (Fsp3) is 0. The first-order chi connectivity index (χ1) is 4.84. The standard InChI is InChI=1S/C8H8BrN/c1-2-10-8-6-4-3-5-7(8)9/h2-6,10H,1H2. The van der Waals surface area contributed by atoms with Gasteiger partial charge in [0.15, 0.2) is 0 Å². The van der Waals surface area contributed by atoms with Gasteiger partial charge in [-0.05, 0) is 34.3 Å². The second-order valence-electron chi connectivity index (χ2n) is 1.83. The number of hydrogen-bond acceptors (Lipinski definition) is 1. The van der Waals surface area contributed by atoms with Gasteiger partial charge < -0.3 is 5.32 Å². The zero-order valence-corrected chi connectivity index (χ0v) is 7.06. The maximum absolute atomic E-state index is 3.57. The van der Waals surface area contributed by atoms with Crippen LogP contribution < -0.4 is 5.32 Å². The van der Waals surface area contributed by atoms with Crippen LogP contribution in [0.3, 0.4) is 0 Å². The Bertz CT molecular complexity index is 232. The summed E-state index contributed by atoms with van der Waals surface area (Å²) >= 11 is 3.39. The molecule has 0 unspecified atom stereocenters. The Morgan fingerprint density at radius 1 is 1.40 bits per heavy atom. The van der Waals surface area contributed by atoms with Crippen LogP contribution in [0.2, 0.25) is 0 Å². The highest BCUT2D eigenvalue weighted by molar-refractivity contribution is 9.10. The van der Waals surface area contributed by atoms with Gasteiger partial charge in [0.25, 0.3) is 0 Å². The lowest BCUT2D eigenvalue weighted by atomic mass is 10.3. The first-order valence-electron chi connectivity index (χ1n) is 2.96. The van der Waals surface area contributed by atoms with E-state index in [-0.39, 0.29) is 0 Å². The summed E-state index contributed by atoms with van der Waals surface area (Å²) in [5.41, 5.74) is 1.04. The maximum Gasteiger partial charge on any atom is 0.0523 e. The molecule has 0 amide bonds. The number of hydrogen-bond donors (Lipinski definition) is 1. The summed E-state index contributed by atoms with van der Waals surface area (Å²) in [6.07, 6.45) is 1.65. The summed E-state index contributed by atoms with van der Waals surface area (Å²) in [5.74, 6) is 0. The van der Waals surface area contributed by atoms with Gasteiger partial charge in [-0.1, -0.05) is 18.7 Å². The molecule has 0 saturated heterocycles. The van der Waals surface area contributed by atoms with Crippen molar-refractivity contribution in [1.29, 1.82) is 0 Å². The van der Waals surface area contributed by atoms with Gasteiger partial charge in [-0.3, -0.25) is 0 Å². The van der Waals surface area contributed by atoms with E-state index < -0.39 is 0 Å². The van der Waals surface area contributed by atoms with Gasteiger partial charge in [-0.2, -0.15) is 0 Å². The molecule has 0 bridgehead atoms. The SMILES string of the molecule is C=CNc1ccccc1Br. The minimum absolute atomic E-state index is 1.04. The van der Waals surface area contributed by atoms with Crippen molar-refractivity contribution in [3.8, 4) is 0 Å². The van der Waals surface area contributed by atoms with Crippen LogP contribution in [0.1, 0.15) is 0 Å². The molecule has 0 aromatic heterocycles. The topological polar surface area (TPSA) is 12.0 Å². The van der Waals surface area contributed by atoms with E-state index in [1.807, 2.05) is 24.3 Å². The summed E-state index contributed by atoms with van der Waals surface area (Å²) in [4.78, 5) is 0. The second kappa shape index (κ2) is 3.42. The highest BCUT2D eigenvalue weighted by Gasteiger charge is 1.91. The molecule has 0 fully saturated rings. The lowest BCUT2D eigenvalue weighted by Gasteiger charge is -2.00. The van der Waals surface area contributed by atoms with Crippen LogP contribution in [0, 0.1) is 0 Å². The van der Waals surface area contributed by atoms with E-state index in [0.29, 0.717) is 0 Å². The molecule has 52 valence electrons. The molecule has 0 aliphatic carbocycles. The van der Waals surface area contributed by atoms with Crippen molar-refractivity contribution in [2.75, 3.05) is 5.32 Å². The van der Waals surface area contributed by atoms with E-state index in [1.165, 1.54) is 0 Å². The Labute approximate surface area is 68.9 Å². The van der Waals surface area contributed by atoms with Gasteiger partial charge in [0.05, 0.1) is 5.69 Å². The summed E-state index contributed by atoms with van der Waals surface area (Å²) in [7, 11) is 0. The average Bonchev–Trinajstić information content (AvgIpc) is 1.94. The van der Waals surface area contributed by atoms with Crippen molar-refractivity contribution in [2.24, 2.45) is 0 Å². The molecule has 1 nitrogen and oxygen atoms in total. The lowest BCUT2D eigenvalue weighted by Crippen LogP contribution is -1.85. The van der Waals surface area contributed by atoms with Crippen LogP contribution >= 0.6 is 15.9 Å². The highest BCUT2D eigenvalue weighted by atomic mass is 79.9. The Morgan fingerprint density at radius 2 is 2.10 bits per heavy atom. The number of benzene rings is 1. The number of halogens is 1. The quantitative estimate of drug-likeness (QED) is 0.770. The molecular weight excluding hydrogens is 190 g/mol. The molecule has 1 rings (SSSR count). The molecule has 0 aliphatic rings. The summed E-state index contributed by atoms with van der Waals surface area (Å²) in [6.45, 7) is 3.57. The molecule has 0 spiro atoms. The van der Waals surface area contributed by atoms with Crippen molar-refractivity contribution in [1.82, 2.24) is 0 Å². The predicted molar refractivity (Wildman–Crippen MR) is 48.0 cm³/mol. The third kappa shape index (κ3) is 1.61. The molecule has 2 heteroatoms. The molecular formula is C8H8BrN. The van der Waals surface area contributed by atoms with E-state index in [4.69, 9.17) is 0 Å². The first kappa shape index (κ1) is 7.35. The summed E-state index contributed by atoms with van der Waals surface area (Å²) < 4.78 is 1.05. The average molecular weight is 198 g/mol. The van der Waals surface area contributed by atoms with E-state index in [2.05, 4.69) is 27.8 Å². The monoisotopic (exact) mass is 197 g/mol. The van der Waals surface area contributed by atoms with E-state index in [1.54, 1.807) is 6.20 Å². The molecule has 1 N–H and O–H groups in total. The number of rotatable bonds is 2. The Hall–Kier alpha value is -0.760. The third-order valence-electron chi connectivity index (χ3n) is 1.13. The lowest BCUT2D eigenvalue weighted by molar-refractivity contribution is 1.56. The van der Waals surface area contributed by atoms with Gasteiger partial charge >= 0.3 is 0 Å². The highest BCUT2D eigenvalue weighted by Crippen LogP contribution is 2.20. The maximum atomic E-state index is 3.57. The van der Waals surface area contributed by atoms with Crippen molar-refractivity contribution >= 4 is 21.6 Å². The van der Waals surface area contributed by atoms with E-state index in [9.17, 15) is 0 Å². The smallest absolute Gasteiger partial charge is 0.0523 e. The van der Waals surface area contributed by atoms with E-state index >= 15 is 0 Å². The predicted octanol–water partition coefficient (Wildman–Crippen LogP) is 3.00. The molecule has 10 heavy (non-hydrogen) atoms. The molecule has 0 aliphatic heterocycles. The van der Waals surface area contributed by atoms with Crippen LogP contribution in [-0.4, -0.2) is 0 Å². The number of nitrogens with one attached hydrogen (secondary N) is 1. The van der Waals surface area contributed by atoms with Crippen LogP contribution in [0.5, 0.6) is 0 Å². The second-order valence-corrected chi connectivity index (χ2v) is 2.68. The normalized spacial score (nSPS) is 8.90. The van der Waals surface area contributed by atoms with Crippen LogP contribution in [-0.2, 0) is 0 Å². The summed E-state index contributed by atoms with van der Waals surface area (Å²) in [6, 6.07) is 7.90. The van der Waals surface area contributed by atoms with Crippen molar-refractivity contribution in [3.63, 3.8) is 0 Å². The first-order valence-corrected chi connectivity index (χ1v) is 3.76. The number of para-hydroxylation sites is 1. The molecule has 0 radical (unpaired) electrons. The van der Waals surface area contributed by atoms with Gasteiger partial charge in [0, 0.05) is 4.47 Å². The summed E-state index contributed by atoms with van der Waals surface area (Å²) in [5, 5.41) is 2.99. The molecule has 0 heterocycles. The fourth-order valence-electron chi connectivity index (χ4n) is 0.688. The third-order valence-corrected chi connectivity index (χ3v) is 1.82. The molecule has 1 aromatic carbocycles. The van der Waals surface area contributed by atoms with Crippen molar-refractivity contribution in [3.05, 3.63) is 41.5 Å². The molecule has 1 aromatic rings. The number of anilines is 1. The zero-order valence-electron chi connectivity index (χ0n) is 5.47. The Kier molecular flexibility index (Phi) is 2.51. The van der Waals surface area contributed by atoms with Crippen LogP contribution in [0.15, 0.2) is 41.5 Å². The van der Waals surface area contributed by atoms with Gasteiger partial charge in [-0.15, -0.1) is 0 Å². The van der Waals surface area contributed by atoms with Crippen molar-refractivity contribution in [2.45, 2.75) is 0 Å². The largest absolute Gasteiger partial charge is 0.361 e. The van der Waals surface area contributed by atoms with Gasteiger partial charge in [0.1, 0.15) is 0 Å². The minimum atomic E-state index is 1.04. The van der Waals surface area contributed by atoms with Crippen molar-refractivity contribution < 1.29 is 0 Å². The molecule has 0 saturated carbocycles. The fourth-order valence-corrected chi connectivity index (χ4v) is 1.09. The Balaban J connectivity index is 2.91. The minimum Gasteiger partial charge on any atom is -0.361 e. The van der Waals surface area contributed by atoms with E-state index in [0.717, 1.165) is 10.2 Å². The van der Waals surface area contributed by atoms with Crippen LogP contribution in [0.25, 0.3) is 0 Å².